The number of nitrogens with zero attached hydrogens (tertiary/aromatic N) is 2. The first-order valence-corrected chi connectivity index (χ1v) is 8.32. The van der Waals surface area contributed by atoms with Crippen LogP contribution < -0.4 is 5.32 Å². The van der Waals surface area contributed by atoms with Crippen molar-refractivity contribution in [2.75, 3.05) is 13.2 Å². The fourth-order valence-electron chi connectivity index (χ4n) is 3.70. The number of halogens is 1. The van der Waals surface area contributed by atoms with E-state index >= 15 is 0 Å². The minimum atomic E-state index is -0.225. The van der Waals surface area contributed by atoms with Crippen LogP contribution >= 0.6 is 0 Å². The van der Waals surface area contributed by atoms with Crippen LogP contribution in [0.15, 0.2) is 24.4 Å². The monoisotopic (exact) mass is 329 g/mol. The summed E-state index contributed by atoms with van der Waals surface area (Å²) in [6, 6.07) is 4.72. The first kappa shape index (κ1) is 15.3. The Balaban J connectivity index is 1.56. The fraction of sp³-hybridized carbons (Fsp3) is 0.444. The number of aryl methyl sites for hydroxylation is 2. The van der Waals surface area contributed by atoms with Crippen LogP contribution in [0.2, 0.25) is 0 Å². The highest BCUT2D eigenvalue weighted by Gasteiger charge is 2.29. The Bertz CT molecular complexity index is 781. The van der Waals surface area contributed by atoms with Gasteiger partial charge in [0.1, 0.15) is 5.82 Å². The summed E-state index contributed by atoms with van der Waals surface area (Å²) in [5, 5.41) is 7.56. The Morgan fingerprint density at radius 2 is 2.29 bits per heavy atom. The number of ether oxygens (including phenoxy) is 1. The van der Waals surface area contributed by atoms with E-state index in [1.165, 1.54) is 6.07 Å². The van der Waals surface area contributed by atoms with E-state index in [-0.39, 0.29) is 23.7 Å². The average Bonchev–Trinajstić information content (AvgIpc) is 3.26. The van der Waals surface area contributed by atoms with Gasteiger partial charge in [-0.2, -0.15) is 5.10 Å². The van der Waals surface area contributed by atoms with Crippen molar-refractivity contribution in [2.45, 2.75) is 31.2 Å². The second-order valence-electron chi connectivity index (χ2n) is 6.57. The number of hydrogen-bond donors (Lipinski definition) is 1. The first-order chi connectivity index (χ1) is 11.6. The van der Waals surface area contributed by atoms with Crippen molar-refractivity contribution in [1.29, 1.82) is 0 Å². The Morgan fingerprint density at radius 1 is 1.42 bits per heavy atom. The Morgan fingerprint density at radius 3 is 3.08 bits per heavy atom. The molecule has 4 rings (SSSR count). The van der Waals surface area contributed by atoms with Crippen molar-refractivity contribution in [3.05, 3.63) is 52.6 Å². The lowest BCUT2D eigenvalue weighted by Gasteiger charge is -2.15. The van der Waals surface area contributed by atoms with Crippen molar-refractivity contribution in [2.24, 2.45) is 7.05 Å². The molecule has 2 heterocycles. The van der Waals surface area contributed by atoms with E-state index in [1.54, 1.807) is 23.0 Å². The quantitative estimate of drug-likeness (QED) is 0.941. The second-order valence-corrected chi connectivity index (χ2v) is 6.57. The minimum Gasteiger partial charge on any atom is -0.381 e. The van der Waals surface area contributed by atoms with Gasteiger partial charge in [0.2, 0.25) is 0 Å². The molecule has 1 amide bonds. The van der Waals surface area contributed by atoms with Crippen LogP contribution in [-0.4, -0.2) is 28.9 Å². The molecule has 1 aromatic heterocycles. The predicted molar refractivity (Wildman–Crippen MR) is 86.3 cm³/mol. The molecule has 2 atom stereocenters. The van der Waals surface area contributed by atoms with E-state index in [2.05, 4.69) is 10.4 Å². The molecule has 1 aliphatic heterocycles. The first-order valence-electron chi connectivity index (χ1n) is 8.32. The topological polar surface area (TPSA) is 56.2 Å². The highest BCUT2D eigenvalue weighted by atomic mass is 19.1. The molecule has 126 valence electrons. The number of fused-ring (bicyclic) bond motifs is 1. The van der Waals surface area contributed by atoms with E-state index < -0.39 is 0 Å². The van der Waals surface area contributed by atoms with E-state index in [4.69, 9.17) is 4.74 Å². The highest BCUT2D eigenvalue weighted by molar-refractivity contribution is 5.95. The van der Waals surface area contributed by atoms with Crippen LogP contribution in [0.5, 0.6) is 0 Å². The van der Waals surface area contributed by atoms with Gasteiger partial charge < -0.3 is 10.1 Å². The molecular weight excluding hydrogens is 309 g/mol. The lowest BCUT2D eigenvalue weighted by atomic mass is 10.0. The third-order valence-electron chi connectivity index (χ3n) is 4.91. The van der Waals surface area contributed by atoms with Gasteiger partial charge in [-0.05, 0) is 42.5 Å². The molecule has 2 aromatic rings. The molecule has 1 N–H and O–H groups in total. The third-order valence-corrected chi connectivity index (χ3v) is 4.91. The number of benzene rings is 1. The summed E-state index contributed by atoms with van der Waals surface area (Å²) in [7, 11) is 1.82. The zero-order valence-corrected chi connectivity index (χ0v) is 13.6. The number of carbonyl (C=O) groups excluding carboxylic acids is 1. The number of carbonyl (C=O) groups is 1. The number of amides is 1. The molecule has 1 aromatic carbocycles. The second kappa shape index (κ2) is 6.02. The summed E-state index contributed by atoms with van der Waals surface area (Å²) in [5.74, 6) is -0.166. The number of aromatic nitrogens is 2. The summed E-state index contributed by atoms with van der Waals surface area (Å²) in [5.41, 5.74) is 3.42. The highest BCUT2D eigenvalue weighted by Crippen LogP contribution is 2.32. The van der Waals surface area contributed by atoms with Crippen LogP contribution in [0.25, 0.3) is 0 Å². The molecular formula is C18H20FN3O2. The Kier molecular flexibility index (Phi) is 3.84. The minimum absolute atomic E-state index is 0.0685. The molecule has 2 aliphatic rings. The van der Waals surface area contributed by atoms with Gasteiger partial charge in [-0.15, -0.1) is 0 Å². The van der Waals surface area contributed by atoms with Gasteiger partial charge in [-0.1, -0.05) is 6.07 Å². The smallest absolute Gasteiger partial charge is 0.255 e. The van der Waals surface area contributed by atoms with Crippen LogP contribution in [0.1, 0.15) is 52.0 Å². The van der Waals surface area contributed by atoms with Crippen molar-refractivity contribution in [3.8, 4) is 0 Å². The van der Waals surface area contributed by atoms with Crippen LogP contribution in [0.3, 0.4) is 0 Å². The molecule has 6 heteroatoms. The maximum atomic E-state index is 13.3. The molecule has 1 fully saturated rings. The van der Waals surface area contributed by atoms with Crippen LogP contribution in [0, 0.1) is 5.82 Å². The van der Waals surface area contributed by atoms with Crippen molar-refractivity contribution >= 4 is 5.91 Å². The molecule has 0 radical (unpaired) electrons. The van der Waals surface area contributed by atoms with Gasteiger partial charge in [-0.3, -0.25) is 9.48 Å². The van der Waals surface area contributed by atoms with Crippen molar-refractivity contribution < 1.29 is 13.9 Å². The Hall–Kier alpha value is -2.21. The van der Waals surface area contributed by atoms with Gasteiger partial charge >= 0.3 is 0 Å². The predicted octanol–water partition coefficient (Wildman–Crippen LogP) is 2.48. The largest absolute Gasteiger partial charge is 0.381 e. The maximum absolute atomic E-state index is 13.3. The number of hydrogen-bond acceptors (Lipinski definition) is 3. The molecule has 2 unspecified atom stereocenters. The van der Waals surface area contributed by atoms with Gasteiger partial charge in [0.25, 0.3) is 5.91 Å². The molecule has 0 bridgehead atoms. The van der Waals surface area contributed by atoms with Gasteiger partial charge in [0.15, 0.2) is 0 Å². The van der Waals surface area contributed by atoms with E-state index in [0.717, 1.165) is 36.1 Å². The summed E-state index contributed by atoms with van der Waals surface area (Å²) < 4.78 is 20.4. The van der Waals surface area contributed by atoms with Crippen molar-refractivity contribution in [1.82, 2.24) is 15.1 Å². The summed E-state index contributed by atoms with van der Waals surface area (Å²) in [6.45, 7) is 1.33. The average molecular weight is 329 g/mol. The van der Waals surface area contributed by atoms with E-state index in [9.17, 15) is 9.18 Å². The molecule has 0 saturated carbocycles. The number of rotatable bonds is 3. The lowest BCUT2D eigenvalue weighted by Crippen LogP contribution is -2.28. The zero-order chi connectivity index (χ0) is 16.7. The van der Waals surface area contributed by atoms with E-state index in [1.807, 2.05) is 7.05 Å². The normalized spacial score (nSPS) is 22.6. The van der Waals surface area contributed by atoms with Gasteiger partial charge in [0.05, 0.1) is 23.9 Å². The third kappa shape index (κ3) is 2.71. The number of nitrogens with one attached hydrogen (secondary N) is 1. The van der Waals surface area contributed by atoms with E-state index in [0.29, 0.717) is 18.8 Å². The molecule has 1 saturated heterocycles. The summed E-state index contributed by atoms with van der Waals surface area (Å²) in [4.78, 5) is 12.8. The summed E-state index contributed by atoms with van der Waals surface area (Å²) >= 11 is 0. The Labute approximate surface area is 139 Å². The fourth-order valence-corrected chi connectivity index (χ4v) is 3.70. The molecule has 0 spiro atoms. The summed E-state index contributed by atoms with van der Waals surface area (Å²) in [6.07, 6.45) is 4.24. The van der Waals surface area contributed by atoms with Gasteiger partial charge in [-0.25, -0.2) is 4.39 Å². The van der Waals surface area contributed by atoms with Crippen LogP contribution in [-0.2, 0) is 18.2 Å². The lowest BCUT2D eigenvalue weighted by molar-refractivity contribution is 0.0935. The SMILES string of the molecule is Cn1cc(C(=O)NC2CCc3cc(F)ccc32)c(C2CCOC2)n1. The van der Waals surface area contributed by atoms with Crippen LogP contribution in [0.4, 0.5) is 4.39 Å². The maximum Gasteiger partial charge on any atom is 0.255 e. The molecule has 24 heavy (non-hydrogen) atoms. The standard InChI is InChI=1S/C18H20FN3O2/c1-22-9-15(17(21-22)12-6-7-24-10-12)18(23)20-16-5-2-11-8-13(19)3-4-14(11)16/h3-4,8-9,12,16H,2,5-7,10H2,1H3,(H,20,23). The molecule has 1 aliphatic carbocycles. The van der Waals surface area contributed by atoms with Crippen molar-refractivity contribution in [3.63, 3.8) is 0 Å². The van der Waals surface area contributed by atoms with Gasteiger partial charge in [0, 0.05) is 25.8 Å². The zero-order valence-electron chi connectivity index (χ0n) is 13.6. The molecule has 5 nitrogen and oxygen atoms in total.